The molecule has 2 heterocycles. The number of para-hydroxylation sites is 1. The Kier molecular flexibility index (Phi) is 4.81. The predicted molar refractivity (Wildman–Crippen MR) is 114 cm³/mol. The van der Waals surface area contributed by atoms with Crippen LogP contribution in [-0.4, -0.2) is 15.9 Å². The van der Waals surface area contributed by atoms with Crippen LogP contribution >= 0.6 is 0 Å². The van der Waals surface area contributed by atoms with Crippen LogP contribution in [0.5, 0.6) is 0 Å². The van der Waals surface area contributed by atoms with Gasteiger partial charge in [-0.25, -0.2) is 0 Å². The van der Waals surface area contributed by atoms with E-state index in [-0.39, 0.29) is 5.91 Å². The molecule has 4 rings (SSSR count). The number of pyridine rings is 1. The van der Waals surface area contributed by atoms with Gasteiger partial charge in [-0.3, -0.25) is 9.78 Å². The lowest BCUT2D eigenvalue weighted by Crippen LogP contribution is -2.15. The van der Waals surface area contributed by atoms with Crippen LogP contribution in [0.4, 0.5) is 17.1 Å². The van der Waals surface area contributed by atoms with E-state index in [1.807, 2.05) is 68.4 Å². The third-order valence-corrected chi connectivity index (χ3v) is 4.82. The summed E-state index contributed by atoms with van der Waals surface area (Å²) >= 11 is 0. The van der Waals surface area contributed by atoms with E-state index in [4.69, 9.17) is 0 Å². The molecule has 2 aromatic carbocycles. The van der Waals surface area contributed by atoms with E-state index in [0.717, 1.165) is 44.8 Å². The van der Waals surface area contributed by atoms with E-state index in [1.54, 1.807) is 12.4 Å². The van der Waals surface area contributed by atoms with Crippen LogP contribution in [0.2, 0.25) is 0 Å². The minimum Gasteiger partial charge on any atom is -0.358 e. The molecule has 0 aliphatic rings. The van der Waals surface area contributed by atoms with E-state index in [2.05, 4.69) is 20.6 Å². The molecule has 0 saturated heterocycles. The molecule has 0 radical (unpaired) electrons. The molecule has 0 spiro atoms. The number of aromatic amines is 1. The van der Waals surface area contributed by atoms with E-state index in [0.29, 0.717) is 6.42 Å². The van der Waals surface area contributed by atoms with Crippen molar-refractivity contribution >= 4 is 33.9 Å². The Morgan fingerprint density at radius 3 is 2.68 bits per heavy atom. The summed E-state index contributed by atoms with van der Waals surface area (Å²) in [4.78, 5) is 20.1. The van der Waals surface area contributed by atoms with Gasteiger partial charge >= 0.3 is 0 Å². The van der Waals surface area contributed by atoms with Crippen LogP contribution < -0.4 is 10.6 Å². The topological polar surface area (TPSA) is 69.8 Å². The molecule has 0 bridgehead atoms. The average molecular weight is 370 g/mol. The van der Waals surface area contributed by atoms with Gasteiger partial charge in [0.25, 0.3) is 0 Å². The fraction of sp³-hybridized carbons (Fsp3) is 0.130. The van der Waals surface area contributed by atoms with Crippen LogP contribution in [0, 0.1) is 13.8 Å². The Morgan fingerprint density at radius 2 is 1.89 bits per heavy atom. The lowest BCUT2D eigenvalue weighted by atomic mass is 10.1. The Labute approximate surface area is 163 Å². The number of carbonyl (C=O) groups excluding carboxylic acids is 1. The SMILES string of the molecule is Cc1cc(NC(=O)Cc2c(C)[nH]c3ccccc23)ccc1Nc1cccnc1. The second-order valence-corrected chi connectivity index (χ2v) is 6.90. The molecule has 0 aliphatic heterocycles. The van der Waals surface area contributed by atoms with Crippen LogP contribution in [-0.2, 0) is 11.2 Å². The Balaban J connectivity index is 1.47. The number of nitrogens with zero attached hydrogens (tertiary/aromatic N) is 1. The number of nitrogens with one attached hydrogen (secondary N) is 3. The zero-order valence-electron chi connectivity index (χ0n) is 15.9. The number of amides is 1. The molecule has 0 unspecified atom stereocenters. The molecule has 0 aliphatic carbocycles. The molecule has 28 heavy (non-hydrogen) atoms. The van der Waals surface area contributed by atoms with Gasteiger partial charge in [0.05, 0.1) is 18.3 Å². The monoisotopic (exact) mass is 370 g/mol. The minimum atomic E-state index is -0.0276. The maximum Gasteiger partial charge on any atom is 0.228 e. The summed E-state index contributed by atoms with van der Waals surface area (Å²) in [5.74, 6) is -0.0276. The second-order valence-electron chi connectivity index (χ2n) is 6.90. The predicted octanol–water partition coefficient (Wildman–Crippen LogP) is 5.10. The zero-order chi connectivity index (χ0) is 19.5. The van der Waals surface area contributed by atoms with Crippen molar-refractivity contribution in [3.05, 3.63) is 83.8 Å². The molecule has 0 atom stereocenters. The van der Waals surface area contributed by atoms with Crippen molar-refractivity contribution in [2.24, 2.45) is 0 Å². The number of H-pyrrole nitrogens is 1. The highest BCUT2D eigenvalue weighted by Gasteiger charge is 2.13. The largest absolute Gasteiger partial charge is 0.358 e. The van der Waals surface area contributed by atoms with Crippen molar-refractivity contribution in [2.75, 3.05) is 10.6 Å². The van der Waals surface area contributed by atoms with Gasteiger partial charge in [-0.15, -0.1) is 0 Å². The Bertz CT molecular complexity index is 1130. The smallest absolute Gasteiger partial charge is 0.228 e. The first-order chi connectivity index (χ1) is 13.6. The van der Waals surface area contributed by atoms with E-state index in [1.165, 1.54) is 0 Å². The molecule has 5 heteroatoms. The van der Waals surface area contributed by atoms with E-state index in [9.17, 15) is 4.79 Å². The maximum absolute atomic E-state index is 12.6. The van der Waals surface area contributed by atoms with Gasteiger partial charge in [-0.1, -0.05) is 18.2 Å². The number of aromatic nitrogens is 2. The first-order valence-corrected chi connectivity index (χ1v) is 9.24. The molecule has 1 amide bonds. The summed E-state index contributed by atoms with van der Waals surface area (Å²) in [6.07, 6.45) is 3.86. The third kappa shape index (κ3) is 3.74. The van der Waals surface area contributed by atoms with Gasteiger partial charge in [0.1, 0.15) is 0 Å². The maximum atomic E-state index is 12.6. The number of aryl methyl sites for hydroxylation is 2. The first kappa shape index (κ1) is 17.8. The zero-order valence-corrected chi connectivity index (χ0v) is 15.9. The van der Waals surface area contributed by atoms with Gasteiger partial charge in [0.15, 0.2) is 0 Å². The molecule has 2 aromatic heterocycles. The molecule has 0 saturated carbocycles. The summed E-state index contributed by atoms with van der Waals surface area (Å²) in [5.41, 5.74) is 6.88. The number of fused-ring (bicyclic) bond motifs is 1. The van der Waals surface area contributed by atoms with Crippen LogP contribution in [0.1, 0.15) is 16.8 Å². The lowest BCUT2D eigenvalue weighted by molar-refractivity contribution is -0.115. The van der Waals surface area contributed by atoms with Crippen molar-refractivity contribution in [1.82, 2.24) is 9.97 Å². The fourth-order valence-electron chi connectivity index (χ4n) is 3.40. The van der Waals surface area contributed by atoms with Crippen LogP contribution in [0.25, 0.3) is 10.9 Å². The van der Waals surface area contributed by atoms with Crippen molar-refractivity contribution in [3.63, 3.8) is 0 Å². The summed E-state index contributed by atoms with van der Waals surface area (Å²) in [6.45, 7) is 4.02. The van der Waals surface area contributed by atoms with Crippen LogP contribution in [0.15, 0.2) is 67.0 Å². The molecular formula is C23H22N4O. The van der Waals surface area contributed by atoms with Gasteiger partial charge in [-0.2, -0.15) is 0 Å². The van der Waals surface area contributed by atoms with Crippen LogP contribution in [0.3, 0.4) is 0 Å². The third-order valence-electron chi connectivity index (χ3n) is 4.82. The van der Waals surface area contributed by atoms with Gasteiger partial charge < -0.3 is 15.6 Å². The van der Waals surface area contributed by atoms with E-state index < -0.39 is 0 Å². The highest BCUT2D eigenvalue weighted by molar-refractivity contribution is 5.96. The fourth-order valence-corrected chi connectivity index (χ4v) is 3.40. The molecule has 5 nitrogen and oxygen atoms in total. The standard InChI is InChI=1S/C23H22N4O/c1-15-12-17(9-10-21(15)26-18-6-5-11-24-14-18)27-23(28)13-20-16(2)25-22-8-4-3-7-19(20)22/h3-12,14,25-26H,13H2,1-2H3,(H,27,28). The molecule has 0 fully saturated rings. The number of benzene rings is 2. The molecule has 3 N–H and O–H groups in total. The molecule has 140 valence electrons. The normalized spacial score (nSPS) is 10.8. The van der Waals surface area contributed by atoms with Gasteiger partial charge in [0, 0.05) is 34.2 Å². The lowest BCUT2D eigenvalue weighted by Gasteiger charge is -2.12. The van der Waals surface area contributed by atoms with Crippen molar-refractivity contribution < 1.29 is 4.79 Å². The van der Waals surface area contributed by atoms with Crippen molar-refractivity contribution in [3.8, 4) is 0 Å². The number of hydrogen-bond acceptors (Lipinski definition) is 3. The number of hydrogen-bond donors (Lipinski definition) is 3. The van der Waals surface area contributed by atoms with Crippen molar-refractivity contribution in [1.29, 1.82) is 0 Å². The summed E-state index contributed by atoms with van der Waals surface area (Å²) in [5, 5.41) is 7.45. The summed E-state index contributed by atoms with van der Waals surface area (Å²) in [7, 11) is 0. The first-order valence-electron chi connectivity index (χ1n) is 9.24. The molecular weight excluding hydrogens is 348 g/mol. The van der Waals surface area contributed by atoms with Gasteiger partial charge in [-0.05, 0) is 61.4 Å². The quantitative estimate of drug-likeness (QED) is 0.457. The number of anilines is 3. The Morgan fingerprint density at radius 1 is 1.04 bits per heavy atom. The number of carbonyl (C=O) groups is 1. The summed E-state index contributed by atoms with van der Waals surface area (Å²) < 4.78 is 0. The minimum absolute atomic E-state index is 0.0276. The average Bonchev–Trinajstić information content (AvgIpc) is 3.00. The highest BCUT2D eigenvalue weighted by Crippen LogP contribution is 2.25. The number of rotatable bonds is 5. The van der Waals surface area contributed by atoms with Crippen molar-refractivity contribution in [2.45, 2.75) is 20.3 Å². The van der Waals surface area contributed by atoms with Gasteiger partial charge in [0.2, 0.25) is 5.91 Å². The molecule has 4 aromatic rings. The summed E-state index contributed by atoms with van der Waals surface area (Å²) in [6, 6.07) is 17.8. The second kappa shape index (κ2) is 7.56. The highest BCUT2D eigenvalue weighted by atomic mass is 16.1. The Hall–Kier alpha value is -3.60. The van der Waals surface area contributed by atoms with E-state index >= 15 is 0 Å².